The molecule has 118 valence electrons. The molecule has 0 aliphatic carbocycles. The van der Waals surface area contributed by atoms with E-state index in [9.17, 15) is 0 Å². The monoisotopic (exact) mass is 283 g/mol. The Kier molecular flexibility index (Phi) is 6.27. The number of ether oxygens (including phenoxy) is 1. The molecule has 0 bridgehead atoms. The zero-order chi connectivity index (χ0) is 14.4. The van der Waals surface area contributed by atoms with Gasteiger partial charge in [-0.25, -0.2) is 0 Å². The van der Waals surface area contributed by atoms with Crippen molar-refractivity contribution in [3.63, 3.8) is 0 Å². The van der Waals surface area contributed by atoms with E-state index < -0.39 is 0 Å². The van der Waals surface area contributed by atoms with Gasteiger partial charge in [0.15, 0.2) is 0 Å². The normalized spacial score (nSPS) is 26.2. The zero-order valence-corrected chi connectivity index (χ0v) is 13.4. The number of rotatable bonds is 8. The number of nitrogens with zero attached hydrogens (tertiary/aromatic N) is 1. The van der Waals surface area contributed by atoms with Crippen molar-refractivity contribution >= 4 is 0 Å². The molecule has 2 aliphatic heterocycles. The summed E-state index contributed by atoms with van der Waals surface area (Å²) in [5.74, 6) is 5.94. The minimum atomic E-state index is 0.226. The Labute approximate surface area is 124 Å². The molecular formula is C16H33N3O. The van der Waals surface area contributed by atoms with Crippen LogP contribution in [0.3, 0.4) is 0 Å². The molecule has 0 aromatic rings. The number of hydrazine groups is 1. The third kappa shape index (κ3) is 3.35. The number of nitrogens with one attached hydrogen (secondary N) is 1. The maximum atomic E-state index is 5.94. The standard InChI is InChI=1S/C16H33N3O/c1-3-16(4-2,19-11-5-6-12-19)15(18-17)10-9-14-8-7-13-20-14/h14-15,18H,3-13,17H2,1-2H3. The Bertz CT molecular complexity index is 269. The van der Waals surface area contributed by atoms with E-state index in [-0.39, 0.29) is 5.54 Å². The van der Waals surface area contributed by atoms with Gasteiger partial charge in [0.2, 0.25) is 0 Å². The minimum absolute atomic E-state index is 0.226. The molecular weight excluding hydrogens is 250 g/mol. The second-order valence-electron chi connectivity index (χ2n) is 6.44. The van der Waals surface area contributed by atoms with Crippen LogP contribution in [0.5, 0.6) is 0 Å². The number of hydrogen-bond donors (Lipinski definition) is 2. The van der Waals surface area contributed by atoms with Crippen molar-refractivity contribution in [1.29, 1.82) is 0 Å². The Hall–Kier alpha value is -0.160. The third-order valence-electron chi connectivity index (χ3n) is 5.61. The van der Waals surface area contributed by atoms with Gasteiger partial charge in [-0.15, -0.1) is 0 Å². The summed E-state index contributed by atoms with van der Waals surface area (Å²) in [6.07, 6.45) is 10.2. The van der Waals surface area contributed by atoms with Crippen LogP contribution in [-0.2, 0) is 4.74 Å². The maximum absolute atomic E-state index is 5.94. The van der Waals surface area contributed by atoms with Gasteiger partial charge in [0, 0.05) is 18.2 Å². The Morgan fingerprint density at radius 1 is 1.25 bits per heavy atom. The van der Waals surface area contributed by atoms with E-state index in [1.807, 2.05) is 0 Å². The van der Waals surface area contributed by atoms with E-state index in [4.69, 9.17) is 10.6 Å². The maximum Gasteiger partial charge on any atom is 0.0576 e. The van der Waals surface area contributed by atoms with E-state index in [1.54, 1.807) is 0 Å². The van der Waals surface area contributed by atoms with E-state index in [0.717, 1.165) is 19.4 Å². The van der Waals surface area contributed by atoms with Crippen LogP contribution in [0.4, 0.5) is 0 Å². The molecule has 0 amide bonds. The van der Waals surface area contributed by atoms with Crippen LogP contribution in [0.25, 0.3) is 0 Å². The van der Waals surface area contributed by atoms with Gasteiger partial charge in [0.25, 0.3) is 0 Å². The van der Waals surface area contributed by atoms with E-state index in [2.05, 4.69) is 24.2 Å². The van der Waals surface area contributed by atoms with Crippen molar-refractivity contribution in [2.45, 2.75) is 82.9 Å². The van der Waals surface area contributed by atoms with E-state index in [1.165, 1.54) is 51.6 Å². The van der Waals surface area contributed by atoms with Crippen molar-refractivity contribution in [3.8, 4) is 0 Å². The largest absolute Gasteiger partial charge is 0.378 e. The predicted molar refractivity (Wildman–Crippen MR) is 83.4 cm³/mol. The van der Waals surface area contributed by atoms with Gasteiger partial charge < -0.3 is 4.74 Å². The molecule has 0 radical (unpaired) electrons. The summed E-state index contributed by atoms with van der Waals surface area (Å²) < 4.78 is 5.77. The molecule has 0 saturated carbocycles. The average Bonchev–Trinajstić information content (AvgIpc) is 3.16. The van der Waals surface area contributed by atoms with Crippen LogP contribution in [0, 0.1) is 0 Å². The highest BCUT2D eigenvalue weighted by molar-refractivity contribution is 4.99. The summed E-state index contributed by atoms with van der Waals surface area (Å²) in [7, 11) is 0. The molecule has 2 atom stereocenters. The molecule has 0 aromatic carbocycles. The predicted octanol–water partition coefficient (Wildman–Crippen LogP) is 2.43. The van der Waals surface area contributed by atoms with Crippen LogP contribution in [-0.4, -0.2) is 42.3 Å². The fourth-order valence-corrected chi connectivity index (χ4v) is 4.30. The van der Waals surface area contributed by atoms with Crippen molar-refractivity contribution in [2.24, 2.45) is 5.84 Å². The molecule has 3 N–H and O–H groups in total. The van der Waals surface area contributed by atoms with Crippen molar-refractivity contribution < 1.29 is 4.74 Å². The third-order valence-corrected chi connectivity index (χ3v) is 5.61. The molecule has 2 saturated heterocycles. The minimum Gasteiger partial charge on any atom is -0.378 e. The SMILES string of the molecule is CCC(CC)(C(CCC1CCCO1)NN)N1CCCC1. The molecule has 2 heterocycles. The Balaban J connectivity index is 1.99. The molecule has 2 unspecified atom stereocenters. The fraction of sp³-hybridized carbons (Fsp3) is 1.00. The summed E-state index contributed by atoms with van der Waals surface area (Å²) in [5, 5.41) is 0. The second kappa shape index (κ2) is 7.74. The van der Waals surface area contributed by atoms with Crippen LogP contribution in [0.1, 0.15) is 65.2 Å². The first-order chi connectivity index (χ1) is 9.76. The highest BCUT2D eigenvalue weighted by atomic mass is 16.5. The van der Waals surface area contributed by atoms with Crippen LogP contribution in [0.15, 0.2) is 0 Å². The van der Waals surface area contributed by atoms with Crippen LogP contribution in [0.2, 0.25) is 0 Å². The van der Waals surface area contributed by atoms with E-state index >= 15 is 0 Å². The summed E-state index contributed by atoms with van der Waals surface area (Å²) in [6, 6.07) is 0.375. The second-order valence-corrected chi connectivity index (χ2v) is 6.44. The van der Waals surface area contributed by atoms with Crippen molar-refractivity contribution in [2.75, 3.05) is 19.7 Å². The quantitative estimate of drug-likeness (QED) is 0.530. The van der Waals surface area contributed by atoms with E-state index in [0.29, 0.717) is 12.1 Å². The number of hydrogen-bond acceptors (Lipinski definition) is 4. The summed E-state index contributed by atoms with van der Waals surface area (Å²) in [4.78, 5) is 2.69. The Morgan fingerprint density at radius 2 is 1.95 bits per heavy atom. The van der Waals surface area contributed by atoms with Crippen LogP contribution >= 0.6 is 0 Å². The lowest BCUT2D eigenvalue weighted by Crippen LogP contribution is -2.61. The highest BCUT2D eigenvalue weighted by Gasteiger charge is 2.41. The first-order valence-corrected chi connectivity index (χ1v) is 8.59. The van der Waals surface area contributed by atoms with Gasteiger partial charge in [0.05, 0.1) is 6.10 Å². The zero-order valence-electron chi connectivity index (χ0n) is 13.4. The summed E-state index contributed by atoms with van der Waals surface area (Å²) >= 11 is 0. The molecule has 2 rings (SSSR count). The fourth-order valence-electron chi connectivity index (χ4n) is 4.30. The van der Waals surface area contributed by atoms with Crippen molar-refractivity contribution in [1.82, 2.24) is 10.3 Å². The lowest BCUT2D eigenvalue weighted by Gasteiger charge is -2.47. The van der Waals surface area contributed by atoms with Crippen molar-refractivity contribution in [3.05, 3.63) is 0 Å². The lowest BCUT2D eigenvalue weighted by atomic mass is 9.80. The first kappa shape index (κ1) is 16.2. The molecule has 4 heteroatoms. The molecule has 4 nitrogen and oxygen atoms in total. The number of likely N-dealkylation sites (tertiary alicyclic amines) is 1. The van der Waals surface area contributed by atoms with Crippen LogP contribution < -0.4 is 11.3 Å². The van der Waals surface area contributed by atoms with Gasteiger partial charge in [0.1, 0.15) is 0 Å². The Morgan fingerprint density at radius 3 is 2.45 bits per heavy atom. The smallest absolute Gasteiger partial charge is 0.0576 e. The summed E-state index contributed by atoms with van der Waals surface area (Å²) in [5.41, 5.74) is 3.37. The molecule has 2 fully saturated rings. The average molecular weight is 283 g/mol. The van der Waals surface area contributed by atoms with Gasteiger partial charge in [-0.2, -0.15) is 0 Å². The molecule has 0 spiro atoms. The first-order valence-electron chi connectivity index (χ1n) is 8.59. The highest BCUT2D eigenvalue weighted by Crippen LogP contribution is 2.34. The van der Waals surface area contributed by atoms with Gasteiger partial charge in [-0.3, -0.25) is 16.2 Å². The lowest BCUT2D eigenvalue weighted by molar-refractivity contribution is 0.0452. The molecule has 20 heavy (non-hydrogen) atoms. The van der Waals surface area contributed by atoms with Gasteiger partial charge >= 0.3 is 0 Å². The molecule has 2 aliphatic rings. The van der Waals surface area contributed by atoms with Gasteiger partial charge in [-0.05, 0) is 64.5 Å². The van der Waals surface area contributed by atoms with Gasteiger partial charge in [-0.1, -0.05) is 13.8 Å². The molecule has 0 aromatic heterocycles. The topological polar surface area (TPSA) is 50.5 Å². The number of nitrogens with two attached hydrogens (primary N) is 1. The summed E-state index contributed by atoms with van der Waals surface area (Å²) in [6.45, 7) is 8.06.